The highest BCUT2D eigenvalue weighted by atomic mass is 16.7. The Morgan fingerprint density at radius 1 is 0.708 bits per heavy atom. The zero-order valence-corrected chi connectivity index (χ0v) is 11.8. The lowest BCUT2D eigenvalue weighted by molar-refractivity contribution is 0.0969. The summed E-state index contributed by atoms with van der Waals surface area (Å²) in [4.78, 5) is 46.9. The highest BCUT2D eigenvalue weighted by Gasteiger charge is 2.35. The van der Waals surface area contributed by atoms with Crippen LogP contribution >= 0.6 is 0 Å². The Kier molecular flexibility index (Phi) is 3.49. The lowest BCUT2D eigenvalue weighted by Crippen LogP contribution is -2.24. The summed E-state index contributed by atoms with van der Waals surface area (Å²) in [7, 11) is 0. The van der Waals surface area contributed by atoms with Gasteiger partial charge in [-0.25, -0.2) is 9.59 Å². The summed E-state index contributed by atoms with van der Waals surface area (Å²) in [5.74, 6) is -1.86. The maximum Gasteiger partial charge on any atom is 0.511 e. The molecule has 0 unspecified atom stereocenters. The number of hydrogen-bond donors (Lipinski definition) is 2. The molecule has 0 amide bonds. The second-order valence-corrected chi connectivity index (χ2v) is 4.75. The maximum absolute atomic E-state index is 12.7. The molecule has 8 heteroatoms. The van der Waals surface area contributed by atoms with Crippen LogP contribution in [0.25, 0.3) is 0 Å². The molecular formula is C16H8O8. The van der Waals surface area contributed by atoms with Crippen LogP contribution in [0.15, 0.2) is 36.4 Å². The van der Waals surface area contributed by atoms with Gasteiger partial charge in [-0.05, 0) is 12.1 Å². The van der Waals surface area contributed by atoms with Gasteiger partial charge in [0.1, 0.15) is 11.5 Å². The SMILES string of the molecule is O=C(O)Oc1cccc2c1C(=O)c1cccc(OC(=O)O)c1C2=O. The molecule has 0 spiro atoms. The first-order chi connectivity index (χ1) is 11.4. The number of hydrogen-bond acceptors (Lipinski definition) is 6. The second kappa shape index (κ2) is 5.51. The molecule has 0 saturated heterocycles. The van der Waals surface area contributed by atoms with E-state index < -0.39 is 23.9 Å². The molecule has 0 radical (unpaired) electrons. The fourth-order valence-electron chi connectivity index (χ4n) is 2.54. The average Bonchev–Trinajstić information content (AvgIpc) is 2.51. The molecule has 1 aliphatic rings. The van der Waals surface area contributed by atoms with Crippen molar-refractivity contribution in [1.82, 2.24) is 0 Å². The van der Waals surface area contributed by atoms with Gasteiger partial charge in [-0.3, -0.25) is 9.59 Å². The lowest BCUT2D eigenvalue weighted by Gasteiger charge is -2.20. The van der Waals surface area contributed by atoms with Gasteiger partial charge >= 0.3 is 12.3 Å². The van der Waals surface area contributed by atoms with Crippen molar-refractivity contribution in [3.63, 3.8) is 0 Å². The normalized spacial score (nSPS) is 12.2. The molecular weight excluding hydrogens is 320 g/mol. The predicted molar refractivity (Wildman–Crippen MR) is 77.1 cm³/mol. The number of carbonyl (C=O) groups is 4. The molecule has 1 aliphatic carbocycles. The molecule has 24 heavy (non-hydrogen) atoms. The van der Waals surface area contributed by atoms with E-state index in [2.05, 4.69) is 9.47 Å². The number of fused-ring (bicyclic) bond motifs is 2. The van der Waals surface area contributed by atoms with Gasteiger partial charge in [0.05, 0.1) is 11.1 Å². The fraction of sp³-hybridized carbons (Fsp3) is 0. The Labute approximate surface area is 133 Å². The van der Waals surface area contributed by atoms with E-state index in [0.717, 1.165) is 0 Å². The molecule has 3 rings (SSSR count). The first kappa shape index (κ1) is 15.2. The molecule has 0 aromatic heterocycles. The third kappa shape index (κ3) is 2.35. The van der Waals surface area contributed by atoms with E-state index in [9.17, 15) is 19.2 Å². The molecule has 120 valence electrons. The Hall–Kier alpha value is -3.68. The van der Waals surface area contributed by atoms with Gasteiger partial charge in [-0.1, -0.05) is 24.3 Å². The number of carboxylic acid groups (broad SMARTS) is 2. The van der Waals surface area contributed by atoms with Crippen molar-refractivity contribution in [1.29, 1.82) is 0 Å². The molecule has 0 fully saturated rings. The highest BCUT2D eigenvalue weighted by Crippen LogP contribution is 2.37. The van der Waals surface area contributed by atoms with Crippen molar-refractivity contribution in [2.24, 2.45) is 0 Å². The van der Waals surface area contributed by atoms with E-state index in [-0.39, 0.29) is 33.8 Å². The van der Waals surface area contributed by atoms with Crippen molar-refractivity contribution < 1.29 is 38.9 Å². The molecule has 0 atom stereocenters. The van der Waals surface area contributed by atoms with E-state index in [1.54, 1.807) is 0 Å². The summed E-state index contributed by atoms with van der Waals surface area (Å²) < 4.78 is 9.12. The third-order valence-electron chi connectivity index (χ3n) is 3.39. The topological polar surface area (TPSA) is 127 Å². The van der Waals surface area contributed by atoms with E-state index in [1.165, 1.54) is 36.4 Å². The Bertz CT molecular complexity index is 837. The Morgan fingerprint density at radius 2 is 1.08 bits per heavy atom. The van der Waals surface area contributed by atoms with E-state index in [0.29, 0.717) is 0 Å². The van der Waals surface area contributed by atoms with Gasteiger partial charge in [0.25, 0.3) is 0 Å². The van der Waals surface area contributed by atoms with E-state index >= 15 is 0 Å². The van der Waals surface area contributed by atoms with Crippen LogP contribution in [0.5, 0.6) is 11.5 Å². The zero-order chi connectivity index (χ0) is 17.4. The molecule has 0 heterocycles. The minimum Gasteiger partial charge on any atom is -0.449 e. The van der Waals surface area contributed by atoms with Crippen molar-refractivity contribution >= 4 is 23.9 Å². The minimum absolute atomic E-state index is 0.0901. The second-order valence-electron chi connectivity index (χ2n) is 4.75. The first-order valence-corrected chi connectivity index (χ1v) is 6.57. The van der Waals surface area contributed by atoms with Crippen LogP contribution in [-0.2, 0) is 0 Å². The van der Waals surface area contributed by atoms with Gasteiger partial charge in [0.2, 0.25) is 0 Å². The summed E-state index contributed by atoms with van der Waals surface area (Å²) in [5, 5.41) is 17.5. The van der Waals surface area contributed by atoms with Crippen LogP contribution in [0.3, 0.4) is 0 Å². The summed E-state index contributed by atoms with van der Waals surface area (Å²) in [6, 6.07) is 7.86. The van der Waals surface area contributed by atoms with Gasteiger partial charge in [-0.15, -0.1) is 0 Å². The molecule has 2 aromatic carbocycles. The molecule has 0 aliphatic heterocycles. The van der Waals surface area contributed by atoms with Crippen molar-refractivity contribution in [2.45, 2.75) is 0 Å². The summed E-state index contributed by atoms with van der Waals surface area (Å²) in [5.41, 5.74) is -0.560. The lowest BCUT2D eigenvalue weighted by atomic mass is 9.83. The zero-order valence-electron chi connectivity index (χ0n) is 11.8. The van der Waals surface area contributed by atoms with Crippen LogP contribution < -0.4 is 9.47 Å². The Balaban J connectivity index is 2.22. The number of carbonyl (C=O) groups excluding carboxylic acids is 2. The van der Waals surface area contributed by atoms with Gasteiger partial charge < -0.3 is 19.7 Å². The predicted octanol–water partition coefficient (Wildman–Crippen LogP) is 2.58. The van der Waals surface area contributed by atoms with Crippen molar-refractivity contribution in [3.8, 4) is 11.5 Å². The van der Waals surface area contributed by atoms with Crippen LogP contribution in [0.1, 0.15) is 31.8 Å². The molecule has 2 N–H and O–H groups in total. The highest BCUT2D eigenvalue weighted by molar-refractivity contribution is 6.30. The van der Waals surface area contributed by atoms with Crippen LogP contribution in [-0.4, -0.2) is 34.1 Å². The molecule has 8 nitrogen and oxygen atoms in total. The first-order valence-electron chi connectivity index (χ1n) is 6.57. The van der Waals surface area contributed by atoms with Crippen LogP contribution in [0.4, 0.5) is 9.59 Å². The maximum atomic E-state index is 12.7. The average molecular weight is 328 g/mol. The summed E-state index contributed by atoms with van der Waals surface area (Å²) >= 11 is 0. The standard InChI is InChI=1S/C16H8O8/c17-13-7-3-1-5-9(23-15(19)20)11(7)14(18)8-4-2-6-10(12(8)13)24-16(21)22/h1-6H,(H,19,20)(H,21,22). The molecule has 0 bridgehead atoms. The summed E-state index contributed by atoms with van der Waals surface area (Å²) in [6.45, 7) is 0. The molecule has 2 aromatic rings. The summed E-state index contributed by atoms with van der Waals surface area (Å²) in [6.07, 6.45) is -3.25. The quantitative estimate of drug-likeness (QED) is 0.542. The van der Waals surface area contributed by atoms with Gasteiger partial charge in [0, 0.05) is 11.1 Å². The van der Waals surface area contributed by atoms with Gasteiger partial charge in [0.15, 0.2) is 11.6 Å². The van der Waals surface area contributed by atoms with Crippen LogP contribution in [0.2, 0.25) is 0 Å². The number of ether oxygens (including phenoxy) is 2. The van der Waals surface area contributed by atoms with Crippen LogP contribution in [0, 0.1) is 0 Å². The Morgan fingerprint density at radius 3 is 1.42 bits per heavy atom. The van der Waals surface area contributed by atoms with E-state index in [4.69, 9.17) is 10.2 Å². The fourth-order valence-corrected chi connectivity index (χ4v) is 2.54. The van der Waals surface area contributed by atoms with E-state index in [1.807, 2.05) is 0 Å². The van der Waals surface area contributed by atoms with Gasteiger partial charge in [-0.2, -0.15) is 0 Å². The largest absolute Gasteiger partial charge is 0.511 e. The monoisotopic (exact) mass is 328 g/mol. The molecule has 0 saturated carbocycles. The number of rotatable bonds is 2. The van der Waals surface area contributed by atoms with Crippen molar-refractivity contribution in [2.75, 3.05) is 0 Å². The minimum atomic E-state index is -1.63. The third-order valence-corrected chi connectivity index (χ3v) is 3.39. The number of benzene rings is 2. The van der Waals surface area contributed by atoms with Crippen molar-refractivity contribution in [3.05, 3.63) is 58.7 Å². The number of ketones is 2. The smallest absolute Gasteiger partial charge is 0.449 e.